The van der Waals surface area contributed by atoms with Crippen LogP contribution in [0.4, 0.5) is 0 Å². The molecule has 0 radical (unpaired) electrons. The van der Waals surface area contributed by atoms with Crippen molar-refractivity contribution in [3.05, 3.63) is 21.6 Å². The normalized spacial score (nSPS) is 10.4. The summed E-state index contributed by atoms with van der Waals surface area (Å²) in [5, 5.41) is 15.7. The standard InChI is InChI=1S/C7H3ClN2O3S/c8-4-2-14-1-3(4)6-9-5(7(11)12)10-13-6/h1-2H,(H,11,12). The second kappa shape index (κ2) is 3.39. The molecule has 0 amide bonds. The van der Waals surface area contributed by atoms with Crippen molar-refractivity contribution in [1.29, 1.82) is 0 Å². The number of thiophene rings is 1. The first-order valence-electron chi connectivity index (χ1n) is 3.47. The highest BCUT2D eigenvalue weighted by molar-refractivity contribution is 7.08. The zero-order chi connectivity index (χ0) is 10.1. The van der Waals surface area contributed by atoms with Gasteiger partial charge in [0.2, 0.25) is 0 Å². The summed E-state index contributed by atoms with van der Waals surface area (Å²) in [5.41, 5.74) is 0.552. The lowest BCUT2D eigenvalue weighted by atomic mass is 10.3. The molecule has 0 saturated carbocycles. The van der Waals surface area contributed by atoms with Crippen molar-refractivity contribution < 1.29 is 14.4 Å². The Balaban J connectivity index is 2.43. The van der Waals surface area contributed by atoms with Crippen LogP contribution >= 0.6 is 22.9 Å². The molecular weight excluding hydrogens is 228 g/mol. The summed E-state index contributed by atoms with van der Waals surface area (Å²) in [5.74, 6) is -1.48. The van der Waals surface area contributed by atoms with Crippen molar-refractivity contribution in [2.75, 3.05) is 0 Å². The minimum atomic E-state index is -1.23. The second-order valence-electron chi connectivity index (χ2n) is 2.36. The zero-order valence-electron chi connectivity index (χ0n) is 6.60. The molecule has 7 heteroatoms. The Hall–Kier alpha value is -1.40. The average Bonchev–Trinajstić information content (AvgIpc) is 2.71. The van der Waals surface area contributed by atoms with E-state index >= 15 is 0 Å². The van der Waals surface area contributed by atoms with Gasteiger partial charge in [0.15, 0.2) is 0 Å². The average molecular weight is 231 g/mol. The molecule has 1 N–H and O–H groups in total. The molecule has 2 rings (SSSR count). The molecule has 72 valence electrons. The number of carbonyl (C=O) groups is 1. The first kappa shape index (κ1) is 9.17. The van der Waals surface area contributed by atoms with Crippen LogP contribution in [-0.4, -0.2) is 21.2 Å². The monoisotopic (exact) mass is 230 g/mol. The summed E-state index contributed by atoms with van der Waals surface area (Å²) >= 11 is 7.17. The van der Waals surface area contributed by atoms with E-state index in [0.29, 0.717) is 10.6 Å². The van der Waals surface area contributed by atoms with Gasteiger partial charge in [-0.05, 0) is 5.16 Å². The number of aromatic nitrogens is 2. The third kappa shape index (κ3) is 1.49. The van der Waals surface area contributed by atoms with Crippen LogP contribution in [0.25, 0.3) is 11.5 Å². The Kier molecular flexibility index (Phi) is 2.22. The maximum atomic E-state index is 10.5. The maximum absolute atomic E-state index is 10.5. The predicted molar refractivity (Wildman–Crippen MR) is 49.6 cm³/mol. The maximum Gasteiger partial charge on any atom is 0.377 e. The minimum absolute atomic E-state index is 0.119. The van der Waals surface area contributed by atoms with Crippen LogP contribution in [0.3, 0.4) is 0 Å². The van der Waals surface area contributed by atoms with Gasteiger partial charge in [-0.15, -0.1) is 11.3 Å². The zero-order valence-corrected chi connectivity index (χ0v) is 8.17. The van der Waals surface area contributed by atoms with E-state index in [9.17, 15) is 4.79 Å². The van der Waals surface area contributed by atoms with E-state index in [2.05, 4.69) is 10.1 Å². The molecule has 0 unspecified atom stereocenters. The Morgan fingerprint density at radius 2 is 2.36 bits per heavy atom. The molecule has 0 fully saturated rings. The fourth-order valence-corrected chi connectivity index (χ4v) is 1.89. The fraction of sp³-hybridized carbons (Fsp3) is 0. The van der Waals surface area contributed by atoms with Crippen molar-refractivity contribution in [2.45, 2.75) is 0 Å². The number of nitrogens with zero attached hydrogens (tertiary/aromatic N) is 2. The summed E-state index contributed by atoms with van der Waals surface area (Å²) in [6.45, 7) is 0. The van der Waals surface area contributed by atoms with Crippen LogP contribution in [0.5, 0.6) is 0 Å². The second-order valence-corrected chi connectivity index (χ2v) is 3.51. The highest BCUT2D eigenvalue weighted by Crippen LogP contribution is 2.29. The molecule has 0 aliphatic carbocycles. The van der Waals surface area contributed by atoms with Gasteiger partial charge in [-0.2, -0.15) is 4.98 Å². The third-order valence-corrected chi connectivity index (χ3v) is 2.65. The lowest BCUT2D eigenvalue weighted by molar-refractivity contribution is 0.0680. The van der Waals surface area contributed by atoms with Crippen molar-refractivity contribution in [3.8, 4) is 11.5 Å². The minimum Gasteiger partial charge on any atom is -0.475 e. The van der Waals surface area contributed by atoms with Crippen LogP contribution in [0.2, 0.25) is 5.02 Å². The first-order valence-corrected chi connectivity index (χ1v) is 4.79. The summed E-state index contributed by atoms with van der Waals surface area (Å²) < 4.78 is 4.73. The molecular formula is C7H3ClN2O3S. The number of carboxylic acid groups (broad SMARTS) is 1. The molecule has 0 aliphatic rings. The molecule has 0 saturated heterocycles. The third-order valence-electron chi connectivity index (χ3n) is 1.46. The Morgan fingerprint density at radius 1 is 1.57 bits per heavy atom. The van der Waals surface area contributed by atoms with Crippen molar-refractivity contribution >= 4 is 28.9 Å². The molecule has 0 atom stereocenters. The Morgan fingerprint density at radius 3 is 2.86 bits per heavy atom. The molecule has 2 aromatic heterocycles. The smallest absolute Gasteiger partial charge is 0.377 e. The number of hydrogen-bond donors (Lipinski definition) is 1. The van der Waals surface area contributed by atoms with Crippen molar-refractivity contribution in [2.24, 2.45) is 0 Å². The molecule has 0 spiro atoms. The van der Waals surface area contributed by atoms with E-state index in [1.165, 1.54) is 11.3 Å². The van der Waals surface area contributed by atoms with Crippen LogP contribution in [0, 0.1) is 0 Å². The summed E-state index contributed by atoms with van der Waals surface area (Å²) in [6.07, 6.45) is 0. The van der Waals surface area contributed by atoms with Gasteiger partial charge in [0.05, 0.1) is 10.6 Å². The van der Waals surface area contributed by atoms with E-state index in [0.717, 1.165) is 0 Å². The van der Waals surface area contributed by atoms with Gasteiger partial charge in [0.1, 0.15) is 0 Å². The molecule has 0 aromatic carbocycles. The summed E-state index contributed by atoms with van der Waals surface area (Å²) in [4.78, 5) is 14.1. The number of rotatable bonds is 2. The lowest BCUT2D eigenvalue weighted by Crippen LogP contribution is -1.98. The van der Waals surface area contributed by atoms with Crippen LogP contribution in [-0.2, 0) is 0 Å². The van der Waals surface area contributed by atoms with Gasteiger partial charge < -0.3 is 9.63 Å². The van der Waals surface area contributed by atoms with Gasteiger partial charge in [-0.25, -0.2) is 4.79 Å². The molecule has 2 heterocycles. The predicted octanol–water partition coefficient (Wildman–Crippen LogP) is 2.15. The van der Waals surface area contributed by atoms with E-state index in [1.54, 1.807) is 10.8 Å². The van der Waals surface area contributed by atoms with Crippen LogP contribution < -0.4 is 0 Å². The van der Waals surface area contributed by atoms with E-state index in [4.69, 9.17) is 21.2 Å². The van der Waals surface area contributed by atoms with Crippen molar-refractivity contribution in [1.82, 2.24) is 10.1 Å². The van der Waals surface area contributed by atoms with Crippen molar-refractivity contribution in [3.63, 3.8) is 0 Å². The molecule has 0 bridgehead atoms. The van der Waals surface area contributed by atoms with E-state index < -0.39 is 5.97 Å². The lowest BCUT2D eigenvalue weighted by Gasteiger charge is -1.86. The first-order chi connectivity index (χ1) is 6.68. The number of hydrogen-bond acceptors (Lipinski definition) is 5. The van der Waals surface area contributed by atoms with E-state index in [-0.39, 0.29) is 11.7 Å². The van der Waals surface area contributed by atoms with Crippen LogP contribution in [0.1, 0.15) is 10.6 Å². The SMILES string of the molecule is O=C(O)c1noc(-c2cscc2Cl)n1. The van der Waals surface area contributed by atoms with Gasteiger partial charge in [0, 0.05) is 10.8 Å². The van der Waals surface area contributed by atoms with E-state index in [1.807, 2.05) is 0 Å². The molecule has 2 aromatic rings. The molecule has 5 nitrogen and oxygen atoms in total. The fourth-order valence-electron chi connectivity index (χ4n) is 0.854. The Bertz CT molecular complexity index is 479. The largest absolute Gasteiger partial charge is 0.475 e. The molecule has 0 aliphatic heterocycles. The summed E-state index contributed by atoms with van der Waals surface area (Å²) in [6, 6.07) is 0. The van der Waals surface area contributed by atoms with Gasteiger partial charge >= 0.3 is 5.97 Å². The summed E-state index contributed by atoms with van der Waals surface area (Å²) in [7, 11) is 0. The quantitative estimate of drug-likeness (QED) is 0.855. The number of aromatic carboxylic acids is 1. The number of carboxylic acids is 1. The van der Waals surface area contributed by atoms with Crippen LogP contribution in [0.15, 0.2) is 15.3 Å². The number of halogens is 1. The topological polar surface area (TPSA) is 76.2 Å². The highest BCUT2D eigenvalue weighted by Gasteiger charge is 2.16. The van der Waals surface area contributed by atoms with Gasteiger partial charge in [0.25, 0.3) is 11.7 Å². The molecule has 14 heavy (non-hydrogen) atoms. The highest BCUT2D eigenvalue weighted by atomic mass is 35.5. The van der Waals surface area contributed by atoms with Gasteiger partial charge in [-0.3, -0.25) is 0 Å². The Labute approximate surface area is 86.9 Å². The van der Waals surface area contributed by atoms with Gasteiger partial charge in [-0.1, -0.05) is 11.6 Å².